The van der Waals surface area contributed by atoms with Crippen LogP contribution in [0.25, 0.3) is 79.7 Å². The van der Waals surface area contributed by atoms with Gasteiger partial charge < -0.3 is 28.4 Å². The van der Waals surface area contributed by atoms with E-state index in [4.69, 9.17) is 38.4 Å². The monoisotopic (exact) mass is 1400 g/mol. The summed E-state index contributed by atoms with van der Waals surface area (Å²) < 4.78 is 64.6. The molecule has 8 aromatic rings. The van der Waals surface area contributed by atoms with E-state index in [1.165, 1.54) is 41.7 Å². The van der Waals surface area contributed by atoms with Crippen LogP contribution in [0.15, 0.2) is 103 Å². The van der Waals surface area contributed by atoms with E-state index in [-0.39, 0.29) is 72.7 Å². The minimum Gasteiger partial charge on any atom is -0.460 e. The molecule has 19 heteroatoms. The van der Waals surface area contributed by atoms with Crippen LogP contribution >= 0.6 is 0 Å². The average Bonchev–Trinajstić information content (AvgIpc) is 1.53. The smallest absolute Gasteiger partial charge is 0.308 e. The van der Waals surface area contributed by atoms with Crippen molar-refractivity contribution in [2.75, 3.05) is 0 Å². The lowest BCUT2D eigenvalue weighted by Gasteiger charge is -2.40. The van der Waals surface area contributed by atoms with E-state index in [0.717, 1.165) is 134 Å². The number of nitrogens with one attached hydrogen (secondary N) is 2. The van der Waals surface area contributed by atoms with E-state index in [1.54, 1.807) is 0 Å². The number of H-pyrrole nitrogens is 2. The minimum atomic E-state index is -0.892. The lowest BCUT2D eigenvalue weighted by atomic mass is 9.86. The number of hydrogen-bond donors (Lipinski definition) is 2. The molecule has 4 aliphatic rings. The summed E-state index contributed by atoms with van der Waals surface area (Å²) in [5, 5.41) is 21.6. The molecule has 546 valence electrons. The molecule has 2 aliphatic carbocycles. The van der Waals surface area contributed by atoms with Gasteiger partial charge in [0.25, 0.3) is 0 Å². The third kappa shape index (κ3) is 20.4. The number of aryl methyl sites for hydroxylation is 2. The Labute approximate surface area is 602 Å². The number of hydrogen-bond acceptors (Lipinski definition) is 15. The number of benzene rings is 4. The molecule has 4 aromatic heterocycles. The standard InChI is InChI=1S/C39H45FN4O4.C38H44FN5O4.3C2H6/c1-23(2)35-32(18-16-28-20-29(47-39(6,7)46-28)21-33(45)48-38(3,4)5)34(24-11-14-27(40)15-12-24)31-10-8-9-25-19-26(37-41-22-42-44-37)13-17-30(25)36(31)43-35;1-22(2)34-31(18-16-27-20-28(47-38(6,7)46-27)21-32(45)48-37(3,4)5)33(23-11-14-26(39)15-12-23)30-10-8-9-24-19-25(36-41-43-44-42-36)13-17-29(24)35(30)40-34;3*1-2/h11-19,22-23,28-29H,8-10,20-21H2,1-7H3,(H,41,42,44);11-19,22,27-28H,8-10,20-21H2,1-7H3,(H,41,42,43,44);3*1-2H3/b2*18-16+;;;/t28-,29-;27-,28-;;;/m11.../s1. The molecule has 4 aromatic carbocycles. The Morgan fingerprint density at radius 1 is 0.578 bits per heavy atom. The van der Waals surface area contributed by atoms with Crippen LogP contribution < -0.4 is 0 Å². The van der Waals surface area contributed by atoms with Gasteiger partial charge in [-0.05, 0) is 206 Å². The summed E-state index contributed by atoms with van der Waals surface area (Å²) in [7, 11) is 0. The number of ether oxygens (including phenoxy) is 6. The lowest BCUT2D eigenvalue weighted by Crippen LogP contribution is -2.45. The molecule has 2 fully saturated rings. The van der Waals surface area contributed by atoms with E-state index in [1.807, 2.05) is 141 Å². The second kappa shape index (κ2) is 34.7. The number of pyridine rings is 2. The first-order valence-electron chi connectivity index (χ1n) is 36.6. The molecular formula is C83H107F2N9O8. The van der Waals surface area contributed by atoms with Gasteiger partial charge in [-0.15, -0.1) is 10.2 Å². The fourth-order valence-electron chi connectivity index (χ4n) is 13.6. The molecule has 2 N–H and O–H groups in total. The maximum atomic E-state index is 14.2. The van der Waals surface area contributed by atoms with Crippen molar-refractivity contribution in [3.05, 3.63) is 160 Å². The number of esters is 2. The van der Waals surface area contributed by atoms with Crippen LogP contribution in [0.4, 0.5) is 8.78 Å². The van der Waals surface area contributed by atoms with Crippen LogP contribution in [0, 0.1) is 11.6 Å². The van der Waals surface area contributed by atoms with Crippen LogP contribution in [0.5, 0.6) is 0 Å². The maximum Gasteiger partial charge on any atom is 0.308 e. The van der Waals surface area contributed by atoms with Crippen molar-refractivity contribution in [2.24, 2.45) is 0 Å². The number of aromatic nitrogens is 9. The third-order valence-corrected chi connectivity index (χ3v) is 17.2. The molecule has 2 saturated heterocycles. The molecular weight excluding hydrogens is 1290 g/mol. The van der Waals surface area contributed by atoms with E-state index >= 15 is 0 Å². The van der Waals surface area contributed by atoms with Gasteiger partial charge in [0.15, 0.2) is 17.4 Å². The first kappa shape index (κ1) is 79.2. The van der Waals surface area contributed by atoms with Gasteiger partial charge in [-0.2, -0.15) is 10.3 Å². The molecule has 17 nitrogen and oxygen atoms in total. The second-order valence-electron chi connectivity index (χ2n) is 28.9. The molecule has 2 aliphatic heterocycles. The van der Waals surface area contributed by atoms with E-state index < -0.39 is 22.8 Å². The highest BCUT2D eigenvalue weighted by Gasteiger charge is 2.39. The first-order chi connectivity index (χ1) is 48.5. The van der Waals surface area contributed by atoms with Gasteiger partial charge in [-0.1, -0.05) is 142 Å². The lowest BCUT2D eigenvalue weighted by molar-refractivity contribution is -0.291. The van der Waals surface area contributed by atoms with Crippen LogP contribution in [0.3, 0.4) is 0 Å². The highest BCUT2D eigenvalue weighted by Crippen LogP contribution is 2.46. The zero-order chi connectivity index (χ0) is 74.4. The number of carbonyl (C=O) groups is 2. The van der Waals surface area contributed by atoms with Crippen LogP contribution in [-0.2, 0) is 63.7 Å². The fourth-order valence-corrected chi connectivity index (χ4v) is 13.6. The summed E-state index contributed by atoms with van der Waals surface area (Å²) in [6.07, 6.45) is 15.0. The Morgan fingerprint density at radius 2 is 0.990 bits per heavy atom. The topological polar surface area (TPSA) is 211 Å². The molecule has 0 unspecified atom stereocenters. The predicted molar refractivity (Wildman–Crippen MR) is 401 cm³/mol. The number of fused-ring (bicyclic) bond motifs is 6. The van der Waals surface area contributed by atoms with Gasteiger partial charge in [0, 0.05) is 46.2 Å². The normalized spacial score (nSPS) is 18.2. The number of tetrazole rings is 1. The summed E-state index contributed by atoms with van der Waals surface area (Å²) >= 11 is 0. The van der Waals surface area contributed by atoms with Crippen LogP contribution in [0.2, 0.25) is 0 Å². The SMILES string of the molecule is CC.CC.CC.CC(C)c1nc2c(c(-c3ccc(F)cc3)c1/C=C/[C@@H]1C[C@H](CC(=O)OC(C)(C)C)OC(C)(C)O1)CCCc1cc(-c3ncn[nH]3)ccc1-2.CC(C)c1nc2c(c(-c3ccc(F)cc3)c1/C=C/[C@@H]1C[C@H](CC(=O)OC(C)(C)C)OC(C)(C)O1)CCCc1cc(-c3nn[nH]n3)ccc1-2. The molecule has 6 heterocycles. The number of nitrogens with zero attached hydrogens (tertiary/aromatic N) is 7. The van der Waals surface area contributed by atoms with Gasteiger partial charge in [-0.3, -0.25) is 24.7 Å². The molecule has 0 amide bonds. The van der Waals surface area contributed by atoms with Gasteiger partial charge in [0.05, 0.1) is 60.0 Å². The summed E-state index contributed by atoms with van der Waals surface area (Å²) in [6.45, 7) is 39.2. The molecule has 0 spiro atoms. The molecule has 0 radical (unpaired) electrons. The second-order valence-corrected chi connectivity index (χ2v) is 28.9. The van der Waals surface area contributed by atoms with Crippen LogP contribution in [0.1, 0.15) is 234 Å². The summed E-state index contributed by atoms with van der Waals surface area (Å²) in [6, 6.07) is 26.1. The molecule has 102 heavy (non-hydrogen) atoms. The van der Waals surface area contributed by atoms with Crippen molar-refractivity contribution in [1.82, 2.24) is 45.8 Å². The largest absolute Gasteiger partial charge is 0.460 e. The first-order valence-corrected chi connectivity index (χ1v) is 36.6. The highest BCUT2D eigenvalue weighted by atomic mass is 19.1. The number of halogens is 2. The predicted octanol–water partition coefficient (Wildman–Crippen LogP) is 19.7. The highest BCUT2D eigenvalue weighted by molar-refractivity contribution is 5.88. The Hall–Kier alpha value is -8.49. The molecule has 4 atom stereocenters. The summed E-state index contributed by atoms with van der Waals surface area (Å²) in [5.74, 6) is -1.46. The van der Waals surface area contributed by atoms with Crippen molar-refractivity contribution in [3.63, 3.8) is 0 Å². The van der Waals surface area contributed by atoms with Gasteiger partial charge in [0.1, 0.15) is 29.2 Å². The number of carbonyl (C=O) groups excluding carboxylic acids is 2. The molecule has 0 saturated carbocycles. The zero-order valence-electron chi connectivity index (χ0n) is 63.7. The van der Waals surface area contributed by atoms with E-state index in [9.17, 15) is 18.4 Å². The number of aromatic amines is 2. The molecule has 12 rings (SSSR count). The van der Waals surface area contributed by atoms with E-state index in [2.05, 4.69) is 118 Å². The average molecular weight is 1400 g/mol. The van der Waals surface area contributed by atoms with Crippen molar-refractivity contribution in [3.8, 4) is 67.5 Å². The van der Waals surface area contributed by atoms with Crippen molar-refractivity contribution in [1.29, 1.82) is 0 Å². The van der Waals surface area contributed by atoms with Gasteiger partial charge in [0.2, 0.25) is 5.82 Å². The van der Waals surface area contributed by atoms with E-state index in [0.29, 0.717) is 18.7 Å². The van der Waals surface area contributed by atoms with Crippen molar-refractivity contribution >= 4 is 24.1 Å². The van der Waals surface area contributed by atoms with Crippen molar-refractivity contribution in [2.45, 2.75) is 262 Å². The Kier molecular flexibility index (Phi) is 26.9. The third-order valence-electron chi connectivity index (χ3n) is 17.2. The Balaban J connectivity index is 0.000000241. The minimum absolute atomic E-state index is 0.0893. The Bertz CT molecular complexity index is 3890. The number of rotatable bonds is 14. The maximum absolute atomic E-state index is 14.2. The van der Waals surface area contributed by atoms with Gasteiger partial charge in [-0.25, -0.2) is 13.8 Å². The van der Waals surface area contributed by atoms with Crippen LogP contribution in [-0.4, -0.2) is 105 Å². The fraction of sp³-hybridized carbons (Fsp3) is 0.482. The molecule has 0 bridgehead atoms. The zero-order valence-corrected chi connectivity index (χ0v) is 63.7. The quantitative estimate of drug-likeness (QED) is 0.0970. The van der Waals surface area contributed by atoms with Crippen molar-refractivity contribution < 1.29 is 46.8 Å². The van der Waals surface area contributed by atoms with Gasteiger partial charge >= 0.3 is 11.9 Å². The Morgan fingerprint density at radius 3 is 1.37 bits per heavy atom. The summed E-state index contributed by atoms with van der Waals surface area (Å²) in [4.78, 5) is 40.5. The summed E-state index contributed by atoms with van der Waals surface area (Å²) in [5.41, 5.74) is 17.4.